The largest absolute Gasteiger partial charge is 0.493 e. The minimum atomic E-state index is 0.430. The molecule has 1 aromatic carbocycles. The van der Waals surface area contributed by atoms with Crippen LogP contribution in [0.15, 0.2) is 18.2 Å². The second-order valence-electron chi connectivity index (χ2n) is 5.31. The molecule has 1 aromatic rings. The average Bonchev–Trinajstić information content (AvgIpc) is 2.26. The van der Waals surface area contributed by atoms with Gasteiger partial charge in [0.2, 0.25) is 0 Å². The van der Waals surface area contributed by atoms with Crippen molar-refractivity contribution in [1.82, 2.24) is 0 Å². The second-order valence-corrected chi connectivity index (χ2v) is 5.74. The van der Waals surface area contributed by atoms with Crippen LogP contribution in [0.4, 0.5) is 0 Å². The molecule has 0 heterocycles. The fraction of sp³-hybridized carbons (Fsp3) is 0.600. The highest BCUT2D eigenvalue weighted by Gasteiger charge is 2.18. The van der Waals surface area contributed by atoms with Crippen LogP contribution in [0.2, 0.25) is 5.02 Å². The van der Waals surface area contributed by atoms with E-state index in [4.69, 9.17) is 22.1 Å². The zero-order chi connectivity index (χ0) is 13.0. The summed E-state index contributed by atoms with van der Waals surface area (Å²) in [5.74, 6) is 2.07. The van der Waals surface area contributed by atoms with Crippen LogP contribution in [0.1, 0.15) is 44.1 Å². The van der Waals surface area contributed by atoms with E-state index in [9.17, 15) is 0 Å². The SMILES string of the molecule is CC(CCN)c1cc(Cl)cc(OCC2CCC2)c1. The summed E-state index contributed by atoms with van der Waals surface area (Å²) in [6.07, 6.45) is 4.93. The fourth-order valence-corrected chi connectivity index (χ4v) is 2.48. The Labute approximate surface area is 114 Å². The first-order valence-electron chi connectivity index (χ1n) is 6.82. The van der Waals surface area contributed by atoms with Crippen LogP contribution in [0.3, 0.4) is 0 Å². The first-order chi connectivity index (χ1) is 8.69. The average molecular weight is 268 g/mol. The highest BCUT2D eigenvalue weighted by molar-refractivity contribution is 6.30. The molecule has 0 aromatic heterocycles. The molecule has 2 N–H and O–H groups in total. The fourth-order valence-electron chi connectivity index (χ4n) is 2.24. The van der Waals surface area contributed by atoms with Gasteiger partial charge in [0.15, 0.2) is 0 Å². The molecule has 100 valence electrons. The summed E-state index contributed by atoms with van der Waals surface area (Å²) in [7, 11) is 0. The van der Waals surface area contributed by atoms with Gasteiger partial charge in [-0.15, -0.1) is 0 Å². The summed E-state index contributed by atoms with van der Waals surface area (Å²) in [6.45, 7) is 3.70. The molecule has 1 saturated carbocycles. The van der Waals surface area contributed by atoms with E-state index in [-0.39, 0.29) is 0 Å². The molecule has 2 rings (SSSR count). The molecule has 2 nitrogen and oxygen atoms in total. The van der Waals surface area contributed by atoms with Crippen molar-refractivity contribution in [2.24, 2.45) is 11.7 Å². The van der Waals surface area contributed by atoms with Crippen molar-refractivity contribution in [3.05, 3.63) is 28.8 Å². The lowest BCUT2D eigenvalue weighted by Gasteiger charge is -2.25. The number of benzene rings is 1. The maximum atomic E-state index is 6.15. The lowest BCUT2D eigenvalue weighted by atomic mass is 9.86. The number of nitrogens with two attached hydrogens (primary N) is 1. The zero-order valence-corrected chi connectivity index (χ0v) is 11.7. The van der Waals surface area contributed by atoms with E-state index in [1.54, 1.807) is 0 Å². The van der Waals surface area contributed by atoms with E-state index >= 15 is 0 Å². The van der Waals surface area contributed by atoms with Gasteiger partial charge in [-0.2, -0.15) is 0 Å². The Morgan fingerprint density at radius 1 is 1.39 bits per heavy atom. The minimum Gasteiger partial charge on any atom is -0.493 e. The standard InChI is InChI=1S/C15H22ClNO/c1-11(5-6-17)13-7-14(16)9-15(8-13)18-10-12-3-2-4-12/h7-9,11-12H,2-6,10,17H2,1H3. The molecular formula is C15H22ClNO. The number of hydrogen-bond acceptors (Lipinski definition) is 2. The molecule has 1 atom stereocenters. The van der Waals surface area contributed by atoms with E-state index in [0.717, 1.165) is 29.7 Å². The van der Waals surface area contributed by atoms with Crippen LogP contribution in [-0.2, 0) is 0 Å². The Bertz CT molecular complexity index is 390. The van der Waals surface area contributed by atoms with Crippen LogP contribution in [0.5, 0.6) is 5.75 Å². The Morgan fingerprint density at radius 3 is 2.78 bits per heavy atom. The van der Waals surface area contributed by atoms with E-state index in [0.29, 0.717) is 12.5 Å². The van der Waals surface area contributed by atoms with E-state index in [2.05, 4.69) is 13.0 Å². The summed E-state index contributed by atoms with van der Waals surface area (Å²) in [5, 5.41) is 0.750. The molecule has 18 heavy (non-hydrogen) atoms. The third-order valence-corrected chi connectivity index (χ3v) is 3.99. The lowest BCUT2D eigenvalue weighted by molar-refractivity contribution is 0.180. The maximum absolute atomic E-state index is 6.15. The van der Waals surface area contributed by atoms with Gasteiger partial charge < -0.3 is 10.5 Å². The molecule has 1 unspecified atom stereocenters. The predicted molar refractivity (Wildman–Crippen MR) is 76.4 cm³/mol. The molecule has 0 aliphatic heterocycles. The molecule has 0 spiro atoms. The van der Waals surface area contributed by atoms with Gasteiger partial charge in [-0.05, 0) is 61.4 Å². The van der Waals surface area contributed by atoms with Crippen LogP contribution in [0, 0.1) is 5.92 Å². The van der Waals surface area contributed by atoms with Gasteiger partial charge in [-0.25, -0.2) is 0 Å². The van der Waals surface area contributed by atoms with Gasteiger partial charge in [0, 0.05) is 5.02 Å². The van der Waals surface area contributed by atoms with Crippen LogP contribution in [-0.4, -0.2) is 13.2 Å². The van der Waals surface area contributed by atoms with Crippen molar-refractivity contribution in [2.75, 3.05) is 13.2 Å². The second kappa shape index (κ2) is 6.44. The predicted octanol–water partition coefficient (Wildman–Crippen LogP) is 3.97. The summed E-state index contributed by atoms with van der Waals surface area (Å²) < 4.78 is 5.84. The van der Waals surface area contributed by atoms with E-state index < -0.39 is 0 Å². The Balaban J connectivity index is 2.00. The summed E-state index contributed by atoms with van der Waals surface area (Å²) in [5.41, 5.74) is 6.82. The van der Waals surface area contributed by atoms with Gasteiger partial charge in [0.05, 0.1) is 6.61 Å². The molecule has 0 amide bonds. The highest BCUT2D eigenvalue weighted by Crippen LogP contribution is 2.30. The molecule has 1 fully saturated rings. The third kappa shape index (κ3) is 3.63. The minimum absolute atomic E-state index is 0.430. The molecule has 1 aliphatic carbocycles. The van der Waals surface area contributed by atoms with Crippen molar-refractivity contribution in [3.63, 3.8) is 0 Å². The number of rotatable bonds is 6. The molecule has 0 saturated heterocycles. The third-order valence-electron chi connectivity index (χ3n) is 3.77. The molecule has 3 heteroatoms. The topological polar surface area (TPSA) is 35.2 Å². The van der Waals surface area contributed by atoms with Crippen LogP contribution in [0.25, 0.3) is 0 Å². The number of ether oxygens (including phenoxy) is 1. The lowest BCUT2D eigenvalue weighted by Crippen LogP contribution is -2.19. The van der Waals surface area contributed by atoms with Gasteiger partial charge in [0.25, 0.3) is 0 Å². The highest BCUT2D eigenvalue weighted by atomic mass is 35.5. The van der Waals surface area contributed by atoms with E-state index in [1.165, 1.54) is 24.8 Å². The van der Waals surface area contributed by atoms with Crippen molar-refractivity contribution < 1.29 is 4.74 Å². The van der Waals surface area contributed by atoms with Crippen molar-refractivity contribution in [2.45, 2.75) is 38.5 Å². The number of halogens is 1. The first-order valence-corrected chi connectivity index (χ1v) is 7.20. The Kier molecular flexibility index (Phi) is 4.90. The zero-order valence-electron chi connectivity index (χ0n) is 11.0. The normalized spacial score (nSPS) is 17.3. The smallest absolute Gasteiger partial charge is 0.121 e. The summed E-state index contributed by atoms with van der Waals surface area (Å²) in [6, 6.07) is 6.02. The first kappa shape index (κ1) is 13.7. The number of hydrogen-bond donors (Lipinski definition) is 1. The Morgan fingerprint density at radius 2 is 2.17 bits per heavy atom. The quantitative estimate of drug-likeness (QED) is 0.846. The van der Waals surface area contributed by atoms with Crippen LogP contribution < -0.4 is 10.5 Å². The van der Waals surface area contributed by atoms with Crippen molar-refractivity contribution >= 4 is 11.6 Å². The summed E-state index contributed by atoms with van der Waals surface area (Å²) >= 11 is 6.15. The van der Waals surface area contributed by atoms with Crippen LogP contribution >= 0.6 is 11.6 Å². The monoisotopic (exact) mass is 267 g/mol. The van der Waals surface area contributed by atoms with Gasteiger partial charge in [-0.1, -0.05) is 24.9 Å². The van der Waals surface area contributed by atoms with Gasteiger partial charge in [-0.3, -0.25) is 0 Å². The van der Waals surface area contributed by atoms with Gasteiger partial charge >= 0.3 is 0 Å². The van der Waals surface area contributed by atoms with Crippen molar-refractivity contribution in [3.8, 4) is 5.75 Å². The molecule has 0 bridgehead atoms. The van der Waals surface area contributed by atoms with Crippen molar-refractivity contribution in [1.29, 1.82) is 0 Å². The summed E-state index contributed by atoms with van der Waals surface area (Å²) in [4.78, 5) is 0. The maximum Gasteiger partial charge on any atom is 0.121 e. The Hall–Kier alpha value is -0.730. The molecule has 0 radical (unpaired) electrons. The molecular weight excluding hydrogens is 246 g/mol. The van der Waals surface area contributed by atoms with Gasteiger partial charge in [0.1, 0.15) is 5.75 Å². The van der Waals surface area contributed by atoms with E-state index in [1.807, 2.05) is 12.1 Å². The molecule has 1 aliphatic rings.